The molecule has 74 valence electrons. The molecule has 0 N–H and O–H groups in total. The van der Waals surface area contributed by atoms with Crippen LogP contribution in [0.15, 0.2) is 12.1 Å². The van der Waals surface area contributed by atoms with E-state index in [-0.39, 0.29) is 10.9 Å². The van der Waals surface area contributed by atoms with Crippen LogP contribution >= 0.6 is 11.6 Å². The molecule has 0 aliphatic heterocycles. The second kappa shape index (κ2) is 3.31. The first-order valence-corrected chi connectivity index (χ1v) is 4.66. The van der Waals surface area contributed by atoms with Gasteiger partial charge in [0, 0.05) is 5.92 Å². The number of Topliss-reactive ketones (excluding diaryl/α,β-unsaturated/α-hetero) is 1. The molecule has 1 saturated carbocycles. The molecule has 4 heteroatoms. The molecule has 1 aliphatic carbocycles. The molecule has 1 fully saturated rings. The summed E-state index contributed by atoms with van der Waals surface area (Å²) in [5.74, 6) is -2.45. The van der Waals surface area contributed by atoms with E-state index in [9.17, 15) is 13.6 Å². The van der Waals surface area contributed by atoms with E-state index >= 15 is 0 Å². The van der Waals surface area contributed by atoms with Crippen molar-refractivity contribution in [3.63, 3.8) is 0 Å². The van der Waals surface area contributed by atoms with Crippen molar-refractivity contribution < 1.29 is 13.6 Å². The molecule has 1 aromatic carbocycles. The van der Waals surface area contributed by atoms with Crippen LogP contribution in [0.25, 0.3) is 0 Å². The summed E-state index contributed by atoms with van der Waals surface area (Å²) in [7, 11) is 0. The maximum Gasteiger partial charge on any atom is 0.171 e. The van der Waals surface area contributed by atoms with Gasteiger partial charge in [0.2, 0.25) is 0 Å². The first kappa shape index (κ1) is 9.59. The summed E-state index contributed by atoms with van der Waals surface area (Å²) in [6, 6.07) is 2.12. The molecule has 2 rings (SSSR count). The standard InChI is InChI=1S/C10H7ClF2O/c11-6-3-4-7(12)8(9(6)13)10(14)5-1-2-5/h3-5H,1-2H2. The van der Waals surface area contributed by atoms with Crippen molar-refractivity contribution in [1.29, 1.82) is 0 Å². The molecular weight excluding hydrogens is 210 g/mol. The Labute approximate surface area is 84.7 Å². The number of carbonyl (C=O) groups excluding carboxylic acids is 1. The Morgan fingerprint density at radius 1 is 1.36 bits per heavy atom. The zero-order valence-corrected chi connectivity index (χ0v) is 7.94. The summed E-state index contributed by atoms with van der Waals surface area (Å²) in [5.41, 5.74) is -0.486. The van der Waals surface area contributed by atoms with Gasteiger partial charge in [-0.15, -0.1) is 0 Å². The minimum absolute atomic E-state index is 0.211. The summed E-state index contributed by atoms with van der Waals surface area (Å²) < 4.78 is 26.5. The number of carbonyl (C=O) groups is 1. The molecular formula is C10H7ClF2O. The quantitative estimate of drug-likeness (QED) is 0.548. The van der Waals surface area contributed by atoms with Gasteiger partial charge in [0.1, 0.15) is 5.82 Å². The molecule has 0 atom stereocenters. The Morgan fingerprint density at radius 3 is 2.57 bits per heavy atom. The molecule has 0 aromatic heterocycles. The lowest BCUT2D eigenvalue weighted by Gasteiger charge is -2.03. The van der Waals surface area contributed by atoms with Gasteiger partial charge in [-0.3, -0.25) is 4.79 Å². The molecule has 0 saturated heterocycles. The van der Waals surface area contributed by atoms with Gasteiger partial charge in [-0.2, -0.15) is 0 Å². The van der Waals surface area contributed by atoms with Gasteiger partial charge in [-0.05, 0) is 25.0 Å². The smallest absolute Gasteiger partial charge is 0.171 e. The van der Waals surface area contributed by atoms with Gasteiger partial charge in [0.15, 0.2) is 11.6 Å². The molecule has 1 aromatic rings. The number of hydrogen-bond acceptors (Lipinski definition) is 1. The monoisotopic (exact) mass is 216 g/mol. The van der Waals surface area contributed by atoms with Gasteiger partial charge < -0.3 is 0 Å². The Morgan fingerprint density at radius 2 is 2.00 bits per heavy atom. The lowest BCUT2D eigenvalue weighted by atomic mass is 10.1. The molecule has 14 heavy (non-hydrogen) atoms. The highest BCUT2D eigenvalue weighted by Gasteiger charge is 2.34. The number of halogens is 3. The Balaban J connectivity index is 2.49. The third kappa shape index (κ3) is 1.52. The second-order valence-electron chi connectivity index (χ2n) is 3.36. The van der Waals surface area contributed by atoms with Crippen molar-refractivity contribution in [2.24, 2.45) is 5.92 Å². The molecule has 0 spiro atoms. The topological polar surface area (TPSA) is 17.1 Å². The van der Waals surface area contributed by atoms with Gasteiger partial charge in [0.25, 0.3) is 0 Å². The minimum atomic E-state index is -0.941. The van der Waals surface area contributed by atoms with E-state index in [1.807, 2.05) is 0 Å². The average molecular weight is 217 g/mol. The van der Waals surface area contributed by atoms with Crippen LogP contribution < -0.4 is 0 Å². The van der Waals surface area contributed by atoms with Gasteiger partial charge in [0.05, 0.1) is 10.6 Å². The Hall–Kier alpha value is -0.960. The van der Waals surface area contributed by atoms with Gasteiger partial charge in [-0.25, -0.2) is 8.78 Å². The van der Waals surface area contributed by atoms with Crippen molar-refractivity contribution in [1.82, 2.24) is 0 Å². The molecule has 0 bridgehead atoms. The van der Waals surface area contributed by atoms with Crippen LogP contribution in [0.3, 0.4) is 0 Å². The molecule has 1 nitrogen and oxygen atoms in total. The highest BCUT2D eigenvalue weighted by atomic mass is 35.5. The maximum atomic E-state index is 13.3. The zero-order valence-electron chi connectivity index (χ0n) is 7.19. The lowest BCUT2D eigenvalue weighted by molar-refractivity contribution is 0.0959. The van der Waals surface area contributed by atoms with E-state index in [4.69, 9.17) is 11.6 Å². The summed E-state index contributed by atoms with van der Waals surface area (Å²) >= 11 is 5.46. The maximum absolute atomic E-state index is 13.3. The van der Waals surface area contributed by atoms with E-state index in [0.29, 0.717) is 12.8 Å². The summed E-state index contributed by atoms with van der Waals surface area (Å²) in [6.07, 6.45) is 1.43. The van der Waals surface area contributed by atoms with Crippen LogP contribution in [0.1, 0.15) is 23.2 Å². The number of hydrogen-bond donors (Lipinski definition) is 0. The SMILES string of the molecule is O=C(c1c(F)ccc(Cl)c1F)C1CC1. The molecule has 0 heterocycles. The second-order valence-corrected chi connectivity index (χ2v) is 3.76. The third-order valence-corrected chi connectivity index (χ3v) is 2.53. The average Bonchev–Trinajstić information content (AvgIpc) is 2.95. The van der Waals surface area contributed by atoms with Crippen molar-refractivity contribution in [3.8, 4) is 0 Å². The zero-order chi connectivity index (χ0) is 10.3. The number of ketones is 1. The van der Waals surface area contributed by atoms with Crippen LogP contribution in [0.4, 0.5) is 8.78 Å². The number of rotatable bonds is 2. The van der Waals surface area contributed by atoms with E-state index < -0.39 is 23.0 Å². The third-order valence-electron chi connectivity index (χ3n) is 2.24. The normalized spacial score (nSPS) is 15.6. The van der Waals surface area contributed by atoms with Crippen LogP contribution in [0.5, 0.6) is 0 Å². The van der Waals surface area contributed by atoms with Crippen LogP contribution in [-0.2, 0) is 0 Å². The summed E-state index contributed by atoms with van der Waals surface area (Å²) in [6.45, 7) is 0. The van der Waals surface area contributed by atoms with E-state index in [0.717, 1.165) is 12.1 Å². The largest absolute Gasteiger partial charge is 0.294 e. The van der Waals surface area contributed by atoms with E-state index in [1.54, 1.807) is 0 Å². The predicted octanol–water partition coefficient (Wildman–Crippen LogP) is 3.21. The van der Waals surface area contributed by atoms with Crippen molar-refractivity contribution in [2.45, 2.75) is 12.8 Å². The molecule has 1 aliphatic rings. The highest BCUT2D eigenvalue weighted by Crippen LogP contribution is 2.35. The minimum Gasteiger partial charge on any atom is -0.294 e. The van der Waals surface area contributed by atoms with Gasteiger partial charge >= 0.3 is 0 Å². The first-order chi connectivity index (χ1) is 6.61. The summed E-state index contributed by atoms with van der Waals surface area (Å²) in [5, 5.41) is -0.213. The molecule has 0 unspecified atom stereocenters. The van der Waals surface area contributed by atoms with Crippen LogP contribution in [0.2, 0.25) is 5.02 Å². The van der Waals surface area contributed by atoms with E-state index in [2.05, 4.69) is 0 Å². The highest BCUT2D eigenvalue weighted by molar-refractivity contribution is 6.31. The fraction of sp³-hybridized carbons (Fsp3) is 0.300. The van der Waals surface area contributed by atoms with Crippen LogP contribution in [0, 0.1) is 17.6 Å². The predicted molar refractivity (Wildman–Crippen MR) is 48.4 cm³/mol. The Bertz CT molecular complexity index is 399. The van der Waals surface area contributed by atoms with E-state index in [1.165, 1.54) is 0 Å². The molecule has 0 amide bonds. The van der Waals surface area contributed by atoms with Crippen molar-refractivity contribution in [3.05, 3.63) is 34.4 Å². The van der Waals surface area contributed by atoms with Crippen molar-refractivity contribution >= 4 is 17.4 Å². The van der Waals surface area contributed by atoms with Crippen LogP contribution in [-0.4, -0.2) is 5.78 Å². The first-order valence-electron chi connectivity index (χ1n) is 4.29. The lowest BCUT2D eigenvalue weighted by Crippen LogP contribution is -2.08. The Kier molecular flexibility index (Phi) is 2.27. The fourth-order valence-corrected chi connectivity index (χ4v) is 1.46. The van der Waals surface area contributed by atoms with Gasteiger partial charge in [-0.1, -0.05) is 11.6 Å². The summed E-state index contributed by atoms with van der Waals surface area (Å²) in [4.78, 5) is 11.5. The van der Waals surface area contributed by atoms with Crippen molar-refractivity contribution in [2.75, 3.05) is 0 Å². The molecule has 0 radical (unpaired) electrons. The fourth-order valence-electron chi connectivity index (χ4n) is 1.30. The number of benzene rings is 1.